The Hall–Kier alpha value is -2.47. The third kappa shape index (κ3) is 3.17. The molecule has 3 rings (SSSR count). The molecular formula is C15H13N3O2S. The van der Waals surface area contributed by atoms with Crippen molar-refractivity contribution in [2.24, 2.45) is 0 Å². The first-order valence-corrected chi connectivity index (χ1v) is 7.32. The first-order valence-electron chi connectivity index (χ1n) is 6.44. The van der Waals surface area contributed by atoms with Gasteiger partial charge in [-0.15, -0.1) is 11.3 Å². The summed E-state index contributed by atoms with van der Waals surface area (Å²) in [4.78, 5) is 16.3. The highest BCUT2D eigenvalue weighted by atomic mass is 32.1. The van der Waals surface area contributed by atoms with Crippen LogP contribution in [0.2, 0.25) is 0 Å². The second-order valence-corrected chi connectivity index (χ2v) is 5.44. The minimum Gasteiger partial charge on any atom is -0.334 e. The summed E-state index contributed by atoms with van der Waals surface area (Å²) in [6, 6.07) is 11.5. The van der Waals surface area contributed by atoms with E-state index in [1.165, 1.54) is 11.3 Å². The molecular weight excluding hydrogens is 286 g/mol. The number of rotatable bonds is 4. The van der Waals surface area contributed by atoms with Crippen LogP contribution in [0.5, 0.6) is 0 Å². The molecule has 0 saturated carbocycles. The number of carbonyl (C=O) groups excluding carboxylic acids is 1. The molecule has 1 aromatic carbocycles. The van der Waals surface area contributed by atoms with Crippen molar-refractivity contribution in [3.05, 3.63) is 53.2 Å². The van der Waals surface area contributed by atoms with Gasteiger partial charge in [0.15, 0.2) is 5.82 Å². The van der Waals surface area contributed by atoms with E-state index in [9.17, 15) is 4.79 Å². The highest BCUT2D eigenvalue weighted by molar-refractivity contribution is 7.15. The maximum Gasteiger partial charge on any atom is 0.260 e. The van der Waals surface area contributed by atoms with Crippen molar-refractivity contribution in [3.8, 4) is 11.5 Å². The molecule has 0 unspecified atom stereocenters. The minimum absolute atomic E-state index is 0.0684. The summed E-state index contributed by atoms with van der Waals surface area (Å²) in [5.74, 6) is 0.919. The van der Waals surface area contributed by atoms with E-state index in [2.05, 4.69) is 15.5 Å². The van der Waals surface area contributed by atoms with Gasteiger partial charge in [0.05, 0.1) is 12.0 Å². The second kappa shape index (κ2) is 5.88. The van der Waals surface area contributed by atoms with Gasteiger partial charge in [-0.3, -0.25) is 4.79 Å². The minimum atomic E-state index is -0.0684. The van der Waals surface area contributed by atoms with E-state index >= 15 is 0 Å². The highest BCUT2D eigenvalue weighted by Gasteiger charge is 2.15. The number of aryl methyl sites for hydroxylation is 1. The number of aromatic nitrogens is 2. The SMILES string of the molecule is Cc1noc(-c2ccsc2NC(=O)Cc2ccccc2)n1. The standard InChI is InChI=1S/C15H13N3O2S/c1-10-16-14(20-18-10)12-7-8-21-15(12)17-13(19)9-11-5-3-2-4-6-11/h2-8H,9H2,1H3,(H,17,19). The molecule has 0 aliphatic carbocycles. The van der Waals surface area contributed by atoms with Crippen molar-refractivity contribution in [3.63, 3.8) is 0 Å². The summed E-state index contributed by atoms with van der Waals surface area (Å²) in [5.41, 5.74) is 1.73. The molecule has 6 heteroatoms. The van der Waals surface area contributed by atoms with Crippen LogP contribution in [0.25, 0.3) is 11.5 Å². The fourth-order valence-electron chi connectivity index (χ4n) is 1.93. The lowest BCUT2D eigenvalue weighted by Crippen LogP contribution is -2.13. The van der Waals surface area contributed by atoms with Gasteiger partial charge in [0.1, 0.15) is 5.00 Å². The molecule has 1 amide bonds. The van der Waals surface area contributed by atoms with Crippen LogP contribution in [0, 0.1) is 6.92 Å². The third-order valence-corrected chi connectivity index (χ3v) is 3.71. The summed E-state index contributed by atoms with van der Waals surface area (Å²) in [6.45, 7) is 1.76. The molecule has 0 atom stereocenters. The number of nitrogens with zero attached hydrogens (tertiary/aromatic N) is 2. The third-order valence-electron chi connectivity index (χ3n) is 2.88. The molecule has 0 aliphatic heterocycles. The Kier molecular flexibility index (Phi) is 3.79. The largest absolute Gasteiger partial charge is 0.334 e. The summed E-state index contributed by atoms with van der Waals surface area (Å²) in [7, 11) is 0. The number of hydrogen-bond acceptors (Lipinski definition) is 5. The highest BCUT2D eigenvalue weighted by Crippen LogP contribution is 2.32. The number of nitrogens with one attached hydrogen (secondary N) is 1. The Morgan fingerprint density at radius 2 is 2.10 bits per heavy atom. The molecule has 2 aromatic heterocycles. The maximum absolute atomic E-state index is 12.1. The van der Waals surface area contributed by atoms with Gasteiger partial charge in [0.25, 0.3) is 5.89 Å². The van der Waals surface area contributed by atoms with Crippen LogP contribution in [0.15, 0.2) is 46.3 Å². The van der Waals surface area contributed by atoms with Crippen LogP contribution in [0.1, 0.15) is 11.4 Å². The van der Waals surface area contributed by atoms with Crippen LogP contribution in [-0.4, -0.2) is 16.0 Å². The first-order chi connectivity index (χ1) is 10.2. The van der Waals surface area contributed by atoms with E-state index in [4.69, 9.17) is 4.52 Å². The Morgan fingerprint density at radius 1 is 1.29 bits per heavy atom. The van der Waals surface area contributed by atoms with E-state index in [-0.39, 0.29) is 5.91 Å². The van der Waals surface area contributed by atoms with Crippen molar-refractivity contribution >= 4 is 22.2 Å². The number of hydrogen-bond donors (Lipinski definition) is 1. The number of amides is 1. The van der Waals surface area contributed by atoms with E-state index in [0.717, 1.165) is 16.1 Å². The number of thiophene rings is 1. The molecule has 2 heterocycles. The topological polar surface area (TPSA) is 68.0 Å². The van der Waals surface area contributed by atoms with Gasteiger partial charge < -0.3 is 9.84 Å². The van der Waals surface area contributed by atoms with Crippen LogP contribution in [0.3, 0.4) is 0 Å². The van der Waals surface area contributed by atoms with Crippen molar-refractivity contribution in [1.29, 1.82) is 0 Å². The van der Waals surface area contributed by atoms with Gasteiger partial charge in [0, 0.05) is 0 Å². The van der Waals surface area contributed by atoms with Crippen molar-refractivity contribution in [2.75, 3.05) is 5.32 Å². The van der Waals surface area contributed by atoms with Crippen LogP contribution in [0.4, 0.5) is 5.00 Å². The monoisotopic (exact) mass is 299 g/mol. The molecule has 3 aromatic rings. The molecule has 5 nitrogen and oxygen atoms in total. The molecule has 0 radical (unpaired) electrons. The van der Waals surface area contributed by atoms with Gasteiger partial charge in [-0.25, -0.2) is 0 Å². The predicted molar refractivity (Wildman–Crippen MR) is 81.1 cm³/mol. The fourth-order valence-corrected chi connectivity index (χ4v) is 2.73. The molecule has 21 heavy (non-hydrogen) atoms. The number of carbonyl (C=O) groups is 1. The molecule has 0 aliphatic rings. The smallest absolute Gasteiger partial charge is 0.260 e. The van der Waals surface area contributed by atoms with E-state index in [1.54, 1.807) is 6.92 Å². The molecule has 1 N–H and O–H groups in total. The Balaban J connectivity index is 1.74. The normalized spacial score (nSPS) is 10.5. The zero-order chi connectivity index (χ0) is 14.7. The molecule has 0 saturated heterocycles. The van der Waals surface area contributed by atoms with Crippen LogP contribution >= 0.6 is 11.3 Å². The van der Waals surface area contributed by atoms with Crippen molar-refractivity contribution in [1.82, 2.24) is 10.1 Å². The van der Waals surface area contributed by atoms with Gasteiger partial charge in [-0.05, 0) is 23.9 Å². The molecule has 106 valence electrons. The van der Waals surface area contributed by atoms with Crippen LogP contribution in [-0.2, 0) is 11.2 Å². The predicted octanol–water partition coefficient (Wildman–Crippen LogP) is 3.29. The first kappa shape index (κ1) is 13.5. The molecule has 0 spiro atoms. The zero-order valence-corrected chi connectivity index (χ0v) is 12.2. The van der Waals surface area contributed by atoms with E-state index < -0.39 is 0 Å². The summed E-state index contributed by atoms with van der Waals surface area (Å²) in [6.07, 6.45) is 0.334. The zero-order valence-electron chi connectivity index (χ0n) is 11.4. The maximum atomic E-state index is 12.1. The lowest BCUT2D eigenvalue weighted by molar-refractivity contribution is -0.115. The van der Waals surface area contributed by atoms with E-state index in [0.29, 0.717) is 18.1 Å². The summed E-state index contributed by atoms with van der Waals surface area (Å²) in [5, 5.41) is 9.27. The Morgan fingerprint density at radius 3 is 2.81 bits per heavy atom. The Bertz CT molecular complexity index is 749. The Labute approximate surface area is 125 Å². The van der Waals surface area contributed by atoms with Gasteiger partial charge in [-0.2, -0.15) is 4.98 Å². The average molecular weight is 299 g/mol. The molecule has 0 fully saturated rings. The quantitative estimate of drug-likeness (QED) is 0.802. The summed E-state index contributed by atoms with van der Waals surface area (Å²) >= 11 is 1.43. The van der Waals surface area contributed by atoms with Crippen molar-refractivity contribution in [2.45, 2.75) is 13.3 Å². The molecule has 0 bridgehead atoms. The van der Waals surface area contributed by atoms with Gasteiger partial charge >= 0.3 is 0 Å². The lowest BCUT2D eigenvalue weighted by Gasteiger charge is -2.04. The number of benzene rings is 1. The average Bonchev–Trinajstić information content (AvgIpc) is 3.08. The second-order valence-electron chi connectivity index (χ2n) is 4.52. The van der Waals surface area contributed by atoms with E-state index in [1.807, 2.05) is 41.8 Å². The lowest BCUT2D eigenvalue weighted by atomic mass is 10.1. The summed E-state index contributed by atoms with van der Waals surface area (Å²) < 4.78 is 5.14. The number of anilines is 1. The van der Waals surface area contributed by atoms with Gasteiger partial charge in [-0.1, -0.05) is 35.5 Å². The fraction of sp³-hybridized carbons (Fsp3) is 0.133. The van der Waals surface area contributed by atoms with Crippen LogP contribution < -0.4 is 5.32 Å². The van der Waals surface area contributed by atoms with Gasteiger partial charge in [0.2, 0.25) is 5.91 Å². The van der Waals surface area contributed by atoms with Crippen molar-refractivity contribution < 1.29 is 9.32 Å².